The van der Waals surface area contributed by atoms with Crippen molar-refractivity contribution in [1.82, 2.24) is 36.9 Å². The van der Waals surface area contributed by atoms with Crippen LogP contribution in [0.15, 0.2) is 42.5 Å². The number of carboxylic acids is 4. The van der Waals surface area contributed by atoms with E-state index in [1.807, 2.05) is 30.3 Å². The molecule has 25 heteroatoms. The highest BCUT2D eigenvalue weighted by molar-refractivity contribution is 7.83. The highest BCUT2D eigenvalue weighted by Gasteiger charge is 2.25. The number of nitrogen functional groups attached to an aromatic ring is 1. The molecule has 0 bridgehead atoms. The molecule has 0 aliphatic rings. The van der Waals surface area contributed by atoms with Gasteiger partial charge >= 0.3 is 44.7 Å². The zero-order valence-electron chi connectivity index (χ0n) is 20.9. The van der Waals surface area contributed by atoms with Crippen molar-refractivity contribution in [3.63, 3.8) is 0 Å². The van der Waals surface area contributed by atoms with Gasteiger partial charge in [-0.05, 0) is 24.3 Å². The Morgan fingerprint density at radius 2 is 0.756 bits per heavy atom. The average Bonchev–Trinajstić information content (AvgIpc) is 2.71. The van der Waals surface area contributed by atoms with Gasteiger partial charge in [-0.2, -0.15) is 16.8 Å². The van der Waals surface area contributed by atoms with Crippen molar-refractivity contribution >= 4 is 50.4 Å². The summed E-state index contributed by atoms with van der Waals surface area (Å²) in [5.41, 5.74) is 3.03. The zero-order valence-corrected chi connectivity index (χ0v) is 22.6. The fraction of sp³-hybridized carbons (Fsp3) is 0. The molecule has 0 saturated carbocycles. The molecule has 2 aromatic carbocycles. The Balaban J connectivity index is -0.0000000870. The fourth-order valence-corrected chi connectivity index (χ4v) is 2.39. The first-order valence-electron chi connectivity index (χ1n) is 8.10. The van der Waals surface area contributed by atoms with Crippen molar-refractivity contribution in [1.29, 1.82) is 0 Å². The summed E-state index contributed by atoms with van der Waals surface area (Å²) < 4.78 is 58.9. The van der Waals surface area contributed by atoms with Gasteiger partial charge in [-0.15, -0.1) is 0 Å². The molecule has 0 saturated heterocycles. The highest BCUT2D eigenvalue weighted by Crippen LogP contribution is 2.18. The SMILES string of the molecule is N.N.N.N.N.N.Nc1ccccc1.O=C(O)c1cc(C(=O)O)c(C(=O)O)cc1C(=O)O.O=S(=O)(O)OOS(=O)(=O)O. The maximum Gasteiger partial charge on any atom is 0.425 e. The van der Waals surface area contributed by atoms with Crippen molar-refractivity contribution in [2.45, 2.75) is 0 Å². The van der Waals surface area contributed by atoms with Gasteiger partial charge in [-0.1, -0.05) is 26.9 Å². The minimum absolute atomic E-state index is 0. The van der Waals surface area contributed by atoms with E-state index >= 15 is 0 Å². The Bertz CT molecular complexity index is 1190. The summed E-state index contributed by atoms with van der Waals surface area (Å²) in [6, 6.07) is 10.5. The number of nitrogens with two attached hydrogens (primary N) is 1. The van der Waals surface area contributed by atoms with Crippen LogP contribution in [0.3, 0.4) is 0 Å². The molecule has 0 fully saturated rings. The number of rotatable bonds is 7. The minimum Gasteiger partial charge on any atom is -0.478 e. The Morgan fingerprint density at radius 3 is 0.878 bits per heavy atom. The van der Waals surface area contributed by atoms with Gasteiger partial charge in [0.1, 0.15) is 0 Å². The summed E-state index contributed by atoms with van der Waals surface area (Å²) in [6.07, 6.45) is 0. The van der Waals surface area contributed by atoms with Crippen molar-refractivity contribution < 1.29 is 74.2 Å². The number of para-hydroxylation sites is 1. The molecule has 2 aromatic rings. The number of aromatic carboxylic acids is 4. The van der Waals surface area contributed by atoms with Gasteiger partial charge in [0, 0.05) is 5.69 Å². The van der Waals surface area contributed by atoms with Crippen LogP contribution in [0, 0.1) is 0 Å². The van der Waals surface area contributed by atoms with Gasteiger partial charge in [0.25, 0.3) is 0 Å². The molecule has 0 aromatic heterocycles. The molecule has 240 valence electrons. The Morgan fingerprint density at radius 1 is 0.537 bits per heavy atom. The van der Waals surface area contributed by atoms with E-state index in [1.54, 1.807) is 0 Å². The second-order valence-electron chi connectivity index (χ2n) is 5.57. The molecule has 41 heavy (non-hydrogen) atoms. The molecule has 0 amide bonds. The third kappa shape index (κ3) is 22.2. The van der Waals surface area contributed by atoms with E-state index < -0.39 is 66.9 Å². The van der Waals surface area contributed by atoms with E-state index in [0.29, 0.717) is 12.1 Å². The van der Waals surface area contributed by atoms with Crippen LogP contribution in [-0.2, 0) is 29.5 Å². The molecule has 0 radical (unpaired) electrons. The molecule has 0 atom stereocenters. The molecule has 0 heterocycles. The van der Waals surface area contributed by atoms with Crippen LogP contribution in [0.4, 0.5) is 5.69 Å². The van der Waals surface area contributed by atoms with Crippen molar-refractivity contribution in [2.75, 3.05) is 5.73 Å². The van der Waals surface area contributed by atoms with Crippen LogP contribution in [0.2, 0.25) is 0 Å². The predicted octanol–water partition coefficient (Wildman–Crippen LogP) is 1.26. The van der Waals surface area contributed by atoms with Crippen LogP contribution >= 0.6 is 0 Å². The summed E-state index contributed by atoms with van der Waals surface area (Å²) >= 11 is 0. The Kier molecular flexibility index (Phi) is 29.0. The van der Waals surface area contributed by atoms with Gasteiger partial charge < -0.3 is 63.1 Å². The van der Waals surface area contributed by atoms with Gasteiger partial charge in [-0.25, -0.2) is 19.2 Å². The first kappa shape index (κ1) is 53.0. The summed E-state index contributed by atoms with van der Waals surface area (Å²) in [5.74, 6) is -6.64. The van der Waals surface area contributed by atoms with E-state index in [1.165, 1.54) is 0 Å². The van der Waals surface area contributed by atoms with Gasteiger partial charge in [0.05, 0.1) is 22.3 Å². The highest BCUT2D eigenvalue weighted by atomic mass is 32.3. The Hall–Kier alpha value is -4.38. The molecule has 0 aliphatic heterocycles. The lowest BCUT2D eigenvalue weighted by Gasteiger charge is -2.06. The van der Waals surface area contributed by atoms with E-state index in [4.69, 9.17) is 35.3 Å². The first-order chi connectivity index (χ1) is 15.9. The summed E-state index contributed by atoms with van der Waals surface area (Å²) in [6.45, 7) is 0. The van der Waals surface area contributed by atoms with Gasteiger partial charge in [0.2, 0.25) is 0 Å². The van der Waals surface area contributed by atoms with E-state index in [2.05, 4.69) is 8.67 Å². The number of benzene rings is 2. The number of carbonyl (C=O) groups is 4. The molecule has 0 unspecified atom stereocenters. The molecular weight excluding hydrogens is 610 g/mol. The van der Waals surface area contributed by atoms with Crippen LogP contribution in [0.5, 0.6) is 0 Å². The molecule has 2 rings (SSSR count). The van der Waals surface area contributed by atoms with Gasteiger partial charge in [0.15, 0.2) is 0 Å². The Labute approximate surface area is 232 Å². The lowest BCUT2D eigenvalue weighted by Crippen LogP contribution is -2.15. The lowest BCUT2D eigenvalue weighted by molar-refractivity contribution is -0.105. The van der Waals surface area contributed by atoms with E-state index in [0.717, 1.165) is 5.69 Å². The maximum absolute atomic E-state index is 10.8. The fourth-order valence-electron chi connectivity index (χ4n) is 1.83. The largest absolute Gasteiger partial charge is 0.478 e. The molecule has 0 spiro atoms. The topological polar surface area (TPSA) is 512 Å². The molecule has 23 nitrogen and oxygen atoms in total. The van der Waals surface area contributed by atoms with Crippen LogP contribution in [-0.4, -0.2) is 70.2 Å². The standard InChI is InChI=1S/C10H6O8.C6H7N.6H3N.H2O8S2/c11-7(12)3-1-4(8(13)14)6(10(17)18)2-5(3)9(15)16;7-6-4-2-1-3-5-6;;;;;;;1-9(2,3)7-8-10(4,5)6/h1-2H,(H,11,12)(H,13,14)(H,15,16)(H,17,18);1-5H,7H2;6*1H3;(H,1,2,3)(H,4,5,6). The third-order valence-electron chi connectivity index (χ3n) is 3.08. The second kappa shape index (κ2) is 22.4. The molecular formula is C16H33N7O16S2. The number of anilines is 1. The van der Waals surface area contributed by atoms with Crippen molar-refractivity contribution in [3.8, 4) is 0 Å². The van der Waals surface area contributed by atoms with Crippen LogP contribution in [0.1, 0.15) is 41.4 Å². The second-order valence-corrected chi connectivity index (χ2v) is 7.55. The van der Waals surface area contributed by atoms with E-state index in [-0.39, 0.29) is 36.9 Å². The summed E-state index contributed by atoms with van der Waals surface area (Å²) in [5, 5.41) is 35.0. The van der Waals surface area contributed by atoms with E-state index in [9.17, 15) is 36.0 Å². The quantitative estimate of drug-likeness (QED) is 0.0873. The number of carboxylic acid groups (broad SMARTS) is 4. The van der Waals surface area contributed by atoms with Crippen LogP contribution < -0.4 is 42.6 Å². The van der Waals surface area contributed by atoms with Gasteiger partial charge in [-0.3, -0.25) is 9.11 Å². The normalized spacial score (nSPS) is 9.02. The first-order valence-corrected chi connectivity index (χ1v) is 10.8. The number of hydrogen-bond acceptors (Lipinski definition) is 17. The van der Waals surface area contributed by atoms with Crippen molar-refractivity contribution in [3.05, 3.63) is 64.7 Å². The summed E-state index contributed by atoms with van der Waals surface area (Å²) in [4.78, 5) is 43.1. The predicted molar refractivity (Wildman–Crippen MR) is 141 cm³/mol. The van der Waals surface area contributed by atoms with Crippen LogP contribution in [0.25, 0.3) is 0 Å². The molecule has 26 N–H and O–H groups in total. The molecule has 0 aliphatic carbocycles. The zero-order chi connectivity index (χ0) is 27.6. The monoisotopic (exact) mass is 643 g/mol. The summed E-state index contributed by atoms with van der Waals surface area (Å²) in [7, 11) is -10.0. The number of hydrogen-bond donors (Lipinski definition) is 13. The average molecular weight is 644 g/mol. The third-order valence-corrected chi connectivity index (χ3v) is 3.64. The smallest absolute Gasteiger partial charge is 0.425 e. The van der Waals surface area contributed by atoms with Crippen molar-refractivity contribution in [2.24, 2.45) is 0 Å². The maximum atomic E-state index is 10.8. The minimum atomic E-state index is -5.02. The lowest BCUT2D eigenvalue weighted by atomic mass is 9.98.